The predicted octanol–water partition coefficient (Wildman–Crippen LogP) is 1.95. The van der Waals surface area contributed by atoms with Crippen molar-refractivity contribution in [2.75, 3.05) is 0 Å². The molecule has 0 bridgehead atoms. The molecule has 1 nitrogen and oxygen atoms in total. The quantitative estimate of drug-likeness (QED) is 0.661. The van der Waals surface area contributed by atoms with Gasteiger partial charge in [0.2, 0.25) is 6.29 Å². The molecular weight excluding hydrogens is 156 g/mol. The lowest BCUT2D eigenvalue weighted by Crippen LogP contribution is -1.90. The van der Waals surface area contributed by atoms with Crippen molar-refractivity contribution in [2.45, 2.75) is 5.25 Å². The molecule has 1 atom stereocenters. The second-order valence-electron chi connectivity index (χ2n) is 2.27. The van der Waals surface area contributed by atoms with Crippen LogP contribution in [0.5, 0.6) is 0 Å². The Labute approximate surface area is 71.8 Å². The number of hydrogen-bond acceptors (Lipinski definition) is 2. The Morgan fingerprint density at radius 1 is 1.55 bits per heavy atom. The predicted molar refractivity (Wildman–Crippen MR) is 48.3 cm³/mol. The van der Waals surface area contributed by atoms with Crippen molar-refractivity contribution in [3.63, 3.8) is 0 Å². The Bertz CT molecular complexity index is 257. The minimum Gasteiger partial charge on any atom is -0.289 e. The molecule has 0 spiro atoms. The molecule has 1 aromatic carbocycles. The normalized spacial score (nSPS) is 12.5. The number of hydrogen-bond donors (Lipinski definition) is 1. The SMILES string of the molecule is [CH2]c1cccc(C(S)[C]=O)c1. The lowest BCUT2D eigenvalue weighted by molar-refractivity contribution is 0.554. The molecule has 0 saturated carbocycles. The Balaban J connectivity index is 2.95. The molecule has 0 saturated heterocycles. The maximum atomic E-state index is 10.2. The summed E-state index contributed by atoms with van der Waals surface area (Å²) in [6, 6.07) is 7.37. The van der Waals surface area contributed by atoms with Crippen LogP contribution in [0.2, 0.25) is 0 Å². The van der Waals surface area contributed by atoms with Gasteiger partial charge in [0.25, 0.3) is 0 Å². The fraction of sp³-hybridized carbons (Fsp3) is 0.111. The van der Waals surface area contributed by atoms with E-state index in [1.54, 1.807) is 6.29 Å². The Kier molecular flexibility index (Phi) is 2.71. The third-order valence-corrected chi connectivity index (χ3v) is 1.78. The van der Waals surface area contributed by atoms with E-state index in [0.717, 1.165) is 11.1 Å². The summed E-state index contributed by atoms with van der Waals surface area (Å²) in [6.07, 6.45) is 1.79. The summed E-state index contributed by atoms with van der Waals surface area (Å²) in [6.45, 7) is 3.73. The van der Waals surface area contributed by atoms with E-state index in [1.165, 1.54) is 0 Å². The zero-order valence-corrected chi connectivity index (χ0v) is 6.84. The molecule has 0 aliphatic rings. The molecule has 2 heteroatoms. The van der Waals surface area contributed by atoms with E-state index in [-0.39, 0.29) is 0 Å². The van der Waals surface area contributed by atoms with Crippen molar-refractivity contribution < 1.29 is 4.79 Å². The van der Waals surface area contributed by atoms with E-state index in [4.69, 9.17) is 0 Å². The van der Waals surface area contributed by atoms with E-state index >= 15 is 0 Å². The van der Waals surface area contributed by atoms with Gasteiger partial charge in [-0.15, -0.1) is 0 Å². The third-order valence-electron chi connectivity index (χ3n) is 1.38. The van der Waals surface area contributed by atoms with Gasteiger partial charge in [-0.1, -0.05) is 24.3 Å². The van der Waals surface area contributed by atoms with Crippen molar-refractivity contribution in [1.29, 1.82) is 0 Å². The van der Waals surface area contributed by atoms with Crippen LogP contribution in [0.15, 0.2) is 24.3 Å². The van der Waals surface area contributed by atoms with Gasteiger partial charge in [0.15, 0.2) is 0 Å². The third kappa shape index (κ3) is 2.09. The van der Waals surface area contributed by atoms with Crippen LogP contribution in [0.1, 0.15) is 16.4 Å². The molecule has 2 radical (unpaired) electrons. The summed E-state index contributed by atoms with van der Waals surface area (Å²) in [5, 5.41) is -0.448. The second-order valence-corrected chi connectivity index (χ2v) is 2.78. The Morgan fingerprint density at radius 2 is 2.27 bits per heavy atom. The van der Waals surface area contributed by atoms with Gasteiger partial charge in [-0.2, -0.15) is 12.6 Å². The first-order chi connectivity index (χ1) is 5.24. The first-order valence-electron chi connectivity index (χ1n) is 3.21. The molecule has 0 N–H and O–H groups in total. The number of thiol groups is 1. The zero-order valence-electron chi connectivity index (χ0n) is 5.95. The van der Waals surface area contributed by atoms with Gasteiger partial charge >= 0.3 is 0 Å². The fourth-order valence-electron chi connectivity index (χ4n) is 0.831. The fourth-order valence-corrected chi connectivity index (χ4v) is 0.992. The summed E-state index contributed by atoms with van der Waals surface area (Å²) >= 11 is 4.02. The van der Waals surface area contributed by atoms with Crippen molar-refractivity contribution in [3.05, 3.63) is 42.3 Å². The maximum Gasteiger partial charge on any atom is 0.216 e. The van der Waals surface area contributed by atoms with Crippen molar-refractivity contribution in [3.8, 4) is 0 Å². The smallest absolute Gasteiger partial charge is 0.216 e. The molecule has 1 unspecified atom stereocenters. The topological polar surface area (TPSA) is 17.1 Å². The van der Waals surface area contributed by atoms with Crippen molar-refractivity contribution in [2.24, 2.45) is 0 Å². The first-order valence-corrected chi connectivity index (χ1v) is 3.73. The van der Waals surface area contributed by atoms with E-state index < -0.39 is 5.25 Å². The molecule has 1 aromatic rings. The van der Waals surface area contributed by atoms with Gasteiger partial charge in [0, 0.05) is 0 Å². The van der Waals surface area contributed by atoms with Crippen molar-refractivity contribution >= 4 is 18.9 Å². The number of benzene rings is 1. The highest BCUT2D eigenvalue weighted by Gasteiger charge is 2.03. The molecule has 1 rings (SSSR count). The zero-order chi connectivity index (χ0) is 8.27. The van der Waals surface area contributed by atoms with Crippen LogP contribution in [-0.2, 0) is 4.79 Å². The summed E-state index contributed by atoms with van der Waals surface area (Å²) < 4.78 is 0. The number of rotatable bonds is 2. The van der Waals surface area contributed by atoms with Crippen molar-refractivity contribution in [1.82, 2.24) is 0 Å². The van der Waals surface area contributed by atoms with Gasteiger partial charge in [0.05, 0.1) is 5.25 Å². The van der Waals surface area contributed by atoms with Gasteiger partial charge in [-0.3, -0.25) is 4.79 Å². The summed E-state index contributed by atoms with van der Waals surface area (Å²) in [4.78, 5) is 10.2. The van der Waals surface area contributed by atoms with Crippen LogP contribution < -0.4 is 0 Å². The van der Waals surface area contributed by atoms with Gasteiger partial charge < -0.3 is 0 Å². The largest absolute Gasteiger partial charge is 0.289 e. The molecule has 0 aliphatic carbocycles. The van der Waals surface area contributed by atoms with E-state index in [2.05, 4.69) is 19.6 Å². The van der Waals surface area contributed by atoms with E-state index in [9.17, 15) is 4.79 Å². The summed E-state index contributed by atoms with van der Waals surface area (Å²) in [5.74, 6) is 0. The van der Waals surface area contributed by atoms with Gasteiger partial charge in [0.1, 0.15) is 0 Å². The van der Waals surface area contributed by atoms with E-state index in [1.807, 2.05) is 24.3 Å². The molecular formula is C9H8OS. The van der Waals surface area contributed by atoms with Crippen LogP contribution in [0, 0.1) is 6.92 Å². The molecule has 11 heavy (non-hydrogen) atoms. The highest BCUT2D eigenvalue weighted by atomic mass is 32.1. The van der Waals surface area contributed by atoms with Gasteiger partial charge in [-0.25, -0.2) is 0 Å². The summed E-state index contributed by atoms with van der Waals surface area (Å²) in [5.41, 5.74) is 1.73. The average molecular weight is 164 g/mol. The monoisotopic (exact) mass is 164 g/mol. The van der Waals surface area contributed by atoms with Crippen LogP contribution in [0.4, 0.5) is 0 Å². The van der Waals surface area contributed by atoms with Crippen LogP contribution in [-0.4, -0.2) is 6.29 Å². The molecule has 0 amide bonds. The van der Waals surface area contributed by atoms with Gasteiger partial charge in [-0.05, 0) is 18.1 Å². The Morgan fingerprint density at radius 3 is 2.82 bits per heavy atom. The highest BCUT2D eigenvalue weighted by Crippen LogP contribution is 2.17. The lowest BCUT2D eigenvalue weighted by Gasteiger charge is -2.01. The second kappa shape index (κ2) is 3.58. The first kappa shape index (κ1) is 8.34. The molecule has 0 fully saturated rings. The number of carbonyl (C=O) groups excluding carboxylic acids is 1. The average Bonchev–Trinajstić information content (AvgIpc) is 2.03. The lowest BCUT2D eigenvalue weighted by atomic mass is 10.1. The van der Waals surface area contributed by atoms with Crippen LogP contribution in [0.25, 0.3) is 0 Å². The molecule has 0 heterocycles. The standard InChI is InChI=1S/C9H8OS/c1-7-3-2-4-8(5-7)9(11)6-10/h2-5,9,11H,1H2. The maximum absolute atomic E-state index is 10.2. The summed E-state index contributed by atoms with van der Waals surface area (Å²) in [7, 11) is 0. The van der Waals surface area contributed by atoms with E-state index in [0.29, 0.717) is 0 Å². The Hall–Kier alpha value is -0.760. The minimum absolute atomic E-state index is 0.448. The van der Waals surface area contributed by atoms with Crippen LogP contribution in [0.3, 0.4) is 0 Å². The molecule has 0 aliphatic heterocycles. The highest BCUT2D eigenvalue weighted by molar-refractivity contribution is 7.81. The molecule has 56 valence electrons. The molecule has 0 aromatic heterocycles. The van der Waals surface area contributed by atoms with Crippen LogP contribution >= 0.6 is 12.6 Å². The minimum atomic E-state index is -0.448.